The van der Waals surface area contributed by atoms with E-state index in [1.54, 1.807) is 0 Å². The summed E-state index contributed by atoms with van der Waals surface area (Å²) < 4.78 is 0. The maximum atomic E-state index is 13.4. The molecule has 1 aromatic rings. The molecule has 0 radical (unpaired) electrons. The molecule has 0 N–H and O–H groups in total. The summed E-state index contributed by atoms with van der Waals surface area (Å²) in [7, 11) is 0. The third kappa shape index (κ3) is 2.25. The number of ketones is 1. The molecular weight excluding hydrogens is 268 g/mol. The Kier molecular flexibility index (Phi) is 3.09. The Morgan fingerprint density at radius 1 is 1.00 bits per heavy atom. The molecule has 4 bridgehead atoms. The van der Waals surface area contributed by atoms with Gasteiger partial charge < -0.3 is 0 Å². The molecule has 4 aliphatic carbocycles. The highest BCUT2D eigenvalue weighted by Crippen LogP contribution is 2.61. The monoisotopic (exact) mass is 296 g/mol. The summed E-state index contributed by atoms with van der Waals surface area (Å²) in [5, 5.41) is 0. The van der Waals surface area contributed by atoms with Crippen molar-refractivity contribution in [2.45, 2.75) is 64.7 Å². The van der Waals surface area contributed by atoms with E-state index in [-0.39, 0.29) is 10.8 Å². The van der Waals surface area contributed by atoms with Gasteiger partial charge in [0.15, 0.2) is 5.78 Å². The molecule has 0 atom stereocenters. The van der Waals surface area contributed by atoms with Gasteiger partial charge in [0.25, 0.3) is 0 Å². The molecule has 0 unspecified atom stereocenters. The smallest absolute Gasteiger partial charge is 0.169 e. The van der Waals surface area contributed by atoms with Gasteiger partial charge in [0.2, 0.25) is 0 Å². The van der Waals surface area contributed by atoms with Gasteiger partial charge in [0.05, 0.1) is 0 Å². The SMILES string of the molecule is CC(C)(C)c1cccc(C(=O)C23CC4CC(CC(C4)C2)C3)c1. The summed E-state index contributed by atoms with van der Waals surface area (Å²) in [6, 6.07) is 8.46. The van der Waals surface area contributed by atoms with Crippen LogP contribution >= 0.6 is 0 Å². The molecule has 22 heavy (non-hydrogen) atoms. The fourth-order valence-corrected chi connectivity index (χ4v) is 5.82. The third-order valence-electron chi connectivity index (χ3n) is 6.51. The highest BCUT2D eigenvalue weighted by Gasteiger charge is 2.54. The molecule has 4 saturated carbocycles. The van der Waals surface area contributed by atoms with Gasteiger partial charge in [-0.15, -0.1) is 0 Å². The van der Waals surface area contributed by atoms with E-state index in [4.69, 9.17) is 0 Å². The molecule has 4 aliphatic rings. The quantitative estimate of drug-likeness (QED) is 0.669. The molecule has 5 rings (SSSR count). The van der Waals surface area contributed by atoms with Crippen molar-refractivity contribution in [2.75, 3.05) is 0 Å². The fourth-order valence-electron chi connectivity index (χ4n) is 5.82. The average Bonchev–Trinajstić information content (AvgIpc) is 2.44. The van der Waals surface area contributed by atoms with Crippen molar-refractivity contribution in [1.29, 1.82) is 0 Å². The molecule has 4 fully saturated rings. The Morgan fingerprint density at radius 2 is 1.55 bits per heavy atom. The van der Waals surface area contributed by atoms with E-state index in [0.717, 1.165) is 23.3 Å². The second-order valence-corrected chi connectivity index (χ2v) is 9.36. The standard InChI is InChI=1S/C21H28O/c1-20(2,3)18-6-4-5-17(10-18)19(22)21-11-14-7-15(12-21)9-16(8-14)13-21/h4-6,10,14-16H,7-9,11-13H2,1-3H3. The molecule has 0 heterocycles. The molecule has 0 saturated heterocycles. The lowest BCUT2D eigenvalue weighted by molar-refractivity contribution is -0.0353. The van der Waals surface area contributed by atoms with Crippen molar-refractivity contribution >= 4 is 5.78 Å². The van der Waals surface area contributed by atoms with Crippen LogP contribution in [0, 0.1) is 23.2 Å². The van der Waals surface area contributed by atoms with Crippen LogP contribution in [-0.4, -0.2) is 5.78 Å². The van der Waals surface area contributed by atoms with Crippen LogP contribution in [0.15, 0.2) is 24.3 Å². The maximum absolute atomic E-state index is 13.4. The largest absolute Gasteiger partial charge is 0.294 e. The Balaban J connectivity index is 1.67. The summed E-state index contributed by atoms with van der Waals surface area (Å²) >= 11 is 0. The first-order valence-corrected chi connectivity index (χ1v) is 9.01. The third-order valence-corrected chi connectivity index (χ3v) is 6.51. The van der Waals surface area contributed by atoms with E-state index in [9.17, 15) is 4.79 Å². The summed E-state index contributed by atoms with van der Waals surface area (Å²) in [6.07, 6.45) is 7.68. The van der Waals surface area contributed by atoms with Crippen LogP contribution in [0.5, 0.6) is 0 Å². The number of benzene rings is 1. The van der Waals surface area contributed by atoms with Crippen LogP contribution in [0.25, 0.3) is 0 Å². The van der Waals surface area contributed by atoms with Gasteiger partial charge >= 0.3 is 0 Å². The molecule has 0 spiro atoms. The van der Waals surface area contributed by atoms with Crippen LogP contribution in [-0.2, 0) is 5.41 Å². The number of carbonyl (C=O) groups excluding carboxylic acids is 1. The minimum absolute atomic E-state index is 0.00867. The first-order valence-electron chi connectivity index (χ1n) is 9.01. The van der Waals surface area contributed by atoms with Crippen LogP contribution in [0.1, 0.15) is 75.2 Å². The van der Waals surface area contributed by atoms with Gasteiger partial charge in [0, 0.05) is 11.0 Å². The van der Waals surface area contributed by atoms with Crippen LogP contribution in [0.4, 0.5) is 0 Å². The maximum Gasteiger partial charge on any atom is 0.169 e. The van der Waals surface area contributed by atoms with Gasteiger partial charge in [-0.2, -0.15) is 0 Å². The van der Waals surface area contributed by atoms with Crippen LogP contribution in [0.2, 0.25) is 0 Å². The zero-order valence-corrected chi connectivity index (χ0v) is 14.2. The van der Waals surface area contributed by atoms with Crippen molar-refractivity contribution in [3.63, 3.8) is 0 Å². The van der Waals surface area contributed by atoms with Crippen molar-refractivity contribution < 1.29 is 4.79 Å². The highest BCUT2D eigenvalue weighted by molar-refractivity contribution is 6.01. The van der Waals surface area contributed by atoms with Gasteiger partial charge in [0.1, 0.15) is 0 Å². The van der Waals surface area contributed by atoms with Gasteiger partial charge in [-0.25, -0.2) is 0 Å². The van der Waals surface area contributed by atoms with Crippen molar-refractivity contribution in [3.8, 4) is 0 Å². The second-order valence-electron chi connectivity index (χ2n) is 9.36. The Labute approximate surface area is 134 Å². The second kappa shape index (κ2) is 4.69. The predicted octanol–water partition coefficient (Wildman–Crippen LogP) is 5.38. The number of rotatable bonds is 2. The van der Waals surface area contributed by atoms with Crippen molar-refractivity contribution in [2.24, 2.45) is 23.2 Å². The van der Waals surface area contributed by atoms with E-state index in [0.29, 0.717) is 5.78 Å². The topological polar surface area (TPSA) is 17.1 Å². The fraction of sp³-hybridized carbons (Fsp3) is 0.667. The summed E-state index contributed by atoms with van der Waals surface area (Å²) in [6.45, 7) is 6.67. The van der Waals surface area contributed by atoms with E-state index < -0.39 is 0 Å². The average molecular weight is 296 g/mol. The number of hydrogen-bond donors (Lipinski definition) is 0. The Hall–Kier alpha value is -1.11. The molecule has 1 heteroatoms. The van der Waals surface area contributed by atoms with E-state index in [1.165, 1.54) is 44.1 Å². The number of hydrogen-bond acceptors (Lipinski definition) is 1. The zero-order valence-electron chi connectivity index (χ0n) is 14.2. The molecule has 0 amide bonds. The predicted molar refractivity (Wildman–Crippen MR) is 90.1 cm³/mol. The first kappa shape index (κ1) is 14.5. The highest BCUT2D eigenvalue weighted by atomic mass is 16.1. The first-order chi connectivity index (χ1) is 10.4. The Morgan fingerprint density at radius 3 is 2.05 bits per heavy atom. The molecule has 0 aromatic heterocycles. The summed E-state index contributed by atoms with van der Waals surface area (Å²) in [5.41, 5.74) is 2.35. The minimum Gasteiger partial charge on any atom is -0.294 e. The van der Waals surface area contributed by atoms with Gasteiger partial charge in [-0.1, -0.05) is 39.0 Å². The van der Waals surface area contributed by atoms with Crippen molar-refractivity contribution in [3.05, 3.63) is 35.4 Å². The number of carbonyl (C=O) groups is 1. The lowest BCUT2D eigenvalue weighted by Crippen LogP contribution is -2.50. The van der Waals surface area contributed by atoms with Gasteiger partial charge in [-0.3, -0.25) is 4.79 Å². The number of Topliss-reactive ketones (excluding diaryl/α,β-unsaturated/α-hetero) is 1. The van der Waals surface area contributed by atoms with Crippen LogP contribution in [0.3, 0.4) is 0 Å². The minimum atomic E-state index is -0.00867. The van der Waals surface area contributed by atoms with E-state index >= 15 is 0 Å². The summed E-state index contributed by atoms with van der Waals surface area (Å²) in [4.78, 5) is 13.4. The molecule has 1 aromatic carbocycles. The lowest BCUT2D eigenvalue weighted by Gasteiger charge is -2.56. The van der Waals surface area contributed by atoms with Crippen LogP contribution < -0.4 is 0 Å². The zero-order chi connectivity index (χ0) is 15.5. The van der Waals surface area contributed by atoms with Gasteiger partial charge in [-0.05, 0) is 73.3 Å². The molecule has 0 aliphatic heterocycles. The molecular formula is C21H28O. The van der Waals surface area contributed by atoms with E-state index in [2.05, 4.69) is 45.0 Å². The van der Waals surface area contributed by atoms with Crippen molar-refractivity contribution in [1.82, 2.24) is 0 Å². The lowest BCUT2D eigenvalue weighted by atomic mass is 9.48. The Bertz CT molecular complexity index is 569. The van der Waals surface area contributed by atoms with E-state index in [1.807, 2.05) is 0 Å². The summed E-state index contributed by atoms with van der Waals surface area (Å²) in [5.74, 6) is 2.96. The molecule has 1 nitrogen and oxygen atoms in total. The normalized spacial score (nSPS) is 36.6. The molecule has 118 valence electrons.